The largest absolute Gasteiger partial charge is 0.347 e. The molecule has 3 aliphatic heterocycles. The van der Waals surface area contributed by atoms with E-state index in [9.17, 15) is 19.2 Å². The Morgan fingerprint density at radius 1 is 0.857 bits per heavy atom. The normalized spacial score (nSPS) is 24.3. The van der Waals surface area contributed by atoms with Crippen molar-refractivity contribution >= 4 is 52.6 Å². The SMILES string of the molecule is CC(C)(C)CC(=O)c1ccc2cc1C1NC(CS1)C(=O)Nc1ccc(C(=O)NC(C)(C)C)c(c1)C1NC(CS1)C(=O)C2. The summed E-state index contributed by atoms with van der Waals surface area (Å²) < 4.78 is 0. The summed E-state index contributed by atoms with van der Waals surface area (Å²) in [4.78, 5) is 53.5. The maximum atomic E-state index is 13.5. The van der Waals surface area contributed by atoms with Crippen LogP contribution in [0.15, 0.2) is 36.4 Å². The van der Waals surface area contributed by atoms with Gasteiger partial charge in [-0.05, 0) is 61.1 Å². The molecular weight excluding hydrogens is 569 g/mol. The summed E-state index contributed by atoms with van der Waals surface area (Å²) >= 11 is 3.17. The molecule has 2 aromatic rings. The van der Waals surface area contributed by atoms with Crippen LogP contribution in [0, 0.1) is 5.41 Å². The number of anilines is 1. The first-order valence-corrected chi connectivity index (χ1v) is 16.5. The molecular formula is C32H40N4O4S2. The van der Waals surface area contributed by atoms with E-state index < -0.39 is 17.6 Å². The van der Waals surface area contributed by atoms with E-state index in [0.717, 1.165) is 16.7 Å². The van der Waals surface area contributed by atoms with Crippen LogP contribution in [-0.2, 0) is 16.0 Å². The Bertz CT molecular complexity index is 1320. The third-order valence-electron chi connectivity index (χ3n) is 7.37. The van der Waals surface area contributed by atoms with E-state index in [1.165, 1.54) is 0 Å². The molecule has 8 bridgehead atoms. The smallest absolute Gasteiger partial charge is 0.252 e. The minimum atomic E-state index is -0.473. The van der Waals surface area contributed by atoms with Crippen molar-refractivity contribution in [2.75, 3.05) is 16.8 Å². The van der Waals surface area contributed by atoms with Gasteiger partial charge in [-0.1, -0.05) is 39.0 Å². The van der Waals surface area contributed by atoms with Gasteiger partial charge in [-0.2, -0.15) is 0 Å². The van der Waals surface area contributed by atoms with Crippen molar-refractivity contribution in [3.63, 3.8) is 0 Å². The molecule has 2 saturated heterocycles. The Morgan fingerprint density at radius 3 is 2.14 bits per heavy atom. The molecule has 0 aliphatic carbocycles. The van der Waals surface area contributed by atoms with Crippen LogP contribution in [0.4, 0.5) is 5.69 Å². The van der Waals surface area contributed by atoms with Gasteiger partial charge >= 0.3 is 0 Å². The average Bonchev–Trinajstić information content (AvgIpc) is 3.57. The zero-order valence-corrected chi connectivity index (χ0v) is 26.7. The monoisotopic (exact) mass is 608 g/mol. The molecule has 0 aromatic heterocycles. The lowest BCUT2D eigenvalue weighted by atomic mass is 9.86. The second-order valence-electron chi connectivity index (χ2n) is 13.6. The van der Waals surface area contributed by atoms with Gasteiger partial charge in [-0.3, -0.25) is 29.8 Å². The average molecular weight is 609 g/mol. The molecule has 2 amide bonds. The topological polar surface area (TPSA) is 116 Å². The third kappa shape index (κ3) is 7.10. The van der Waals surface area contributed by atoms with Gasteiger partial charge in [0.25, 0.3) is 5.91 Å². The van der Waals surface area contributed by atoms with Crippen LogP contribution in [0.25, 0.3) is 0 Å². The van der Waals surface area contributed by atoms with Gasteiger partial charge in [-0.25, -0.2) is 0 Å². The molecule has 3 heterocycles. The molecule has 4 unspecified atom stereocenters. The number of carbonyl (C=O) groups excluding carboxylic acids is 4. The van der Waals surface area contributed by atoms with E-state index in [1.54, 1.807) is 35.7 Å². The molecule has 3 aliphatic rings. The lowest BCUT2D eigenvalue weighted by molar-refractivity contribution is -0.120. The zero-order chi connectivity index (χ0) is 30.4. The summed E-state index contributed by atoms with van der Waals surface area (Å²) in [6, 6.07) is 10.1. The first kappa shape index (κ1) is 30.8. The predicted molar refractivity (Wildman–Crippen MR) is 170 cm³/mol. The number of thioether (sulfide) groups is 2. The number of nitrogens with one attached hydrogen (secondary N) is 4. The molecule has 5 rings (SSSR count). The van der Waals surface area contributed by atoms with Crippen molar-refractivity contribution in [2.24, 2.45) is 5.41 Å². The van der Waals surface area contributed by atoms with E-state index in [4.69, 9.17) is 0 Å². The molecule has 224 valence electrons. The maximum absolute atomic E-state index is 13.5. The molecule has 10 heteroatoms. The third-order valence-corrected chi connectivity index (χ3v) is 9.87. The van der Waals surface area contributed by atoms with E-state index in [2.05, 4.69) is 21.3 Å². The highest BCUT2D eigenvalue weighted by atomic mass is 32.2. The van der Waals surface area contributed by atoms with Crippen molar-refractivity contribution in [3.8, 4) is 0 Å². The van der Waals surface area contributed by atoms with Crippen molar-refractivity contribution in [1.82, 2.24) is 16.0 Å². The minimum absolute atomic E-state index is 0.0555. The molecule has 8 nitrogen and oxygen atoms in total. The fourth-order valence-corrected chi connectivity index (χ4v) is 8.00. The van der Waals surface area contributed by atoms with E-state index in [0.29, 0.717) is 34.7 Å². The summed E-state index contributed by atoms with van der Waals surface area (Å²) in [5.74, 6) is 0.846. The van der Waals surface area contributed by atoms with Crippen molar-refractivity contribution < 1.29 is 19.2 Å². The molecule has 2 fully saturated rings. The Hall–Kier alpha value is -2.66. The number of Topliss-reactive ketones (excluding diaryl/α,β-unsaturated/α-hetero) is 2. The minimum Gasteiger partial charge on any atom is -0.347 e. The number of hydrogen-bond acceptors (Lipinski definition) is 8. The van der Waals surface area contributed by atoms with Crippen LogP contribution >= 0.6 is 23.5 Å². The second kappa shape index (κ2) is 11.8. The van der Waals surface area contributed by atoms with Crippen LogP contribution in [-0.4, -0.2) is 52.5 Å². The number of hydrogen-bond donors (Lipinski definition) is 4. The van der Waals surface area contributed by atoms with Gasteiger partial charge in [0.2, 0.25) is 5.91 Å². The Labute approximate surface area is 256 Å². The van der Waals surface area contributed by atoms with Gasteiger partial charge in [0.1, 0.15) is 0 Å². The van der Waals surface area contributed by atoms with Crippen LogP contribution in [0.2, 0.25) is 0 Å². The number of fused-ring (bicyclic) bond motifs is 10. The fraction of sp³-hybridized carbons (Fsp3) is 0.500. The molecule has 4 atom stereocenters. The summed E-state index contributed by atoms with van der Waals surface area (Å²) in [6.07, 6.45) is 0.626. The van der Waals surface area contributed by atoms with Crippen LogP contribution < -0.4 is 21.3 Å². The van der Waals surface area contributed by atoms with E-state index >= 15 is 0 Å². The zero-order valence-electron chi connectivity index (χ0n) is 25.1. The van der Waals surface area contributed by atoms with Gasteiger partial charge in [0.15, 0.2) is 11.6 Å². The molecule has 0 saturated carbocycles. The van der Waals surface area contributed by atoms with E-state index in [1.807, 2.05) is 65.8 Å². The number of rotatable bonds is 3. The molecule has 4 N–H and O–H groups in total. The van der Waals surface area contributed by atoms with Gasteiger partial charge in [0, 0.05) is 46.7 Å². The highest BCUT2D eigenvalue weighted by Crippen LogP contribution is 2.39. The lowest BCUT2D eigenvalue weighted by Gasteiger charge is -2.24. The van der Waals surface area contributed by atoms with Crippen LogP contribution in [0.5, 0.6) is 0 Å². The molecule has 0 radical (unpaired) electrons. The van der Waals surface area contributed by atoms with E-state index in [-0.39, 0.29) is 46.0 Å². The van der Waals surface area contributed by atoms with Gasteiger partial charge < -0.3 is 10.6 Å². The second-order valence-corrected chi connectivity index (χ2v) is 15.9. The number of amides is 2. The Kier molecular flexibility index (Phi) is 8.64. The molecule has 2 aromatic carbocycles. The van der Waals surface area contributed by atoms with Gasteiger partial charge in [-0.15, -0.1) is 23.5 Å². The summed E-state index contributed by atoms with van der Waals surface area (Å²) in [7, 11) is 0. The lowest BCUT2D eigenvalue weighted by Crippen LogP contribution is -2.41. The maximum Gasteiger partial charge on any atom is 0.252 e. The Balaban J connectivity index is 1.51. The summed E-state index contributed by atoms with van der Waals surface area (Å²) in [5.41, 5.74) is 3.55. The van der Waals surface area contributed by atoms with Gasteiger partial charge in [0.05, 0.1) is 22.8 Å². The number of carbonyl (C=O) groups is 4. The summed E-state index contributed by atoms with van der Waals surface area (Å²) in [6.45, 7) is 11.9. The first-order valence-electron chi connectivity index (χ1n) is 14.4. The first-order chi connectivity index (χ1) is 19.7. The van der Waals surface area contributed by atoms with Crippen molar-refractivity contribution in [2.45, 2.75) is 82.8 Å². The van der Waals surface area contributed by atoms with Crippen LogP contribution in [0.1, 0.15) is 96.1 Å². The molecule has 0 spiro atoms. The number of benzene rings is 2. The van der Waals surface area contributed by atoms with Crippen LogP contribution in [0.3, 0.4) is 0 Å². The quantitative estimate of drug-likeness (QED) is 0.360. The summed E-state index contributed by atoms with van der Waals surface area (Å²) in [5, 5.41) is 12.4. The highest BCUT2D eigenvalue weighted by Gasteiger charge is 2.36. The number of ketones is 2. The van der Waals surface area contributed by atoms with Crippen molar-refractivity contribution in [1.29, 1.82) is 0 Å². The highest BCUT2D eigenvalue weighted by molar-refractivity contribution is 8.00. The van der Waals surface area contributed by atoms with Crippen molar-refractivity contribution in [3.05, 3.63) is 64.2 Å². The Morgan fingerprint density at radius 2 is 1.48 bits per heavy atom. The molecule has 42 heavy (non-hydrogen) atoms. The standard InChI is InChI=1S/C32H40N4O4S2/c1-31(2,3)14-26(38)19-9-7-17-11-21(19)29-35-24(16-42-29)28(40)33-18-8-10-20(27(39)36-32(4,5)6)22(13-18)30-34-23(15-41-30)25(37)12-17/h7-11,13,23-24,29-30,34-35H,12,14-16H2,1-6H3,(H,33,40)(H,36,39). The predicted octanol–water partition coefficient (Wildman–Crippen LogP) is 5.00. The fourth-order valence-electron chi connectivity index (χ4n) is 5.43.